The predicted octanol–water partition coefficient (Wildman–Crippen LogP) is 15.2. The Bertz CT molecular complexity index is 4190. The summed E-state index contributed by atoms with van der Waals surface area (Å²) in [6, 6.07) is 103. The molecular weight excluding hydrogens is 980 g/mol. The fourth-order valence-electron chi connectivity index (χ4n) is 12.8. The summed E-state index contributed by atoms with van der Waals surface area (Å²) in [5.74, 6) is 1.73. The van der Waals surface area contributed by atoms with E-state index in [2.05, 4.69) is 310 Å². The number of hydrogen-bond donors (Lipinski definition) is 0. The molecule has 0 atom stereocenters. The van der Waals surface area contributed by atoms with Gasteiger partial charge >= 0.3 is 0 Å². The zero-order valence-corrected chi connectivity index (χ0v) is 43.7. The van der Waals surface area contributed by atoms with E-state index in [9.17, 15) is 0 Å². The summed E-state index contributed by atoms with van der Waals surface area (Å²) < 4.78 is 10.4. The van der Waals surface area contributed by atoms with Crippen molar-refractivity contribution in [2.75, 3.05) is 24.5 Å². The molecule has 370 valence electrons. The highest BCUT2D eigenvalue weighted by Gasteiger charge is 2.51. The number of benzene rings is 11. The molecular formula is C70H47B2N5OS. The van der Waals surface area contributed by atoms with E-state index in [4.69, 9.17) is 4.74 Å². The van der Waals surface area contributed by atoms with Gasteiger partial charge in [0.25, 0.3) is 13.4 Å². The number of anilines is 15. The average molecular weight is 1030 g/mol. The second-order valence-corrected chi connectivity index (χ2v) is 21.5. The Hall–Kier alpha value is -9.95. The molecule has 9 heteroatoms. The van der Waals surface area contributed by atoms with E-state index in [0.29, 0.717) is 0 Å². The van der Waals surface area contributed by atoms with E-state index in [0.717, 1.165) is 102 Å². The van der Waals surface area contributed by atoms with Crippen LogP contribution in [0.15, 0.2) is 285 Å². The van der Waals surface area contributed by atoms with E-state index in [1.165, 1.54) is 25.9 Å². The van der Waals surface area contributed by atoms with Crippen LogP contribution in [0.25, 0.3) is 0 Å². The number of ether oxygens (including phenoxy) is 1. The first-order chi connectivity index (χ1) is 39.2. The van der Waals surface area contributed by atoms with E-state index < -0.39 is 0 Å². The van der Waals surface area contributed by atoms with Gasteiger partial charge in [0, 0.05) is 83.9 Å². The Morgan fingerprint density at radius 1 is 0.304 bits per heavy atom. The van der Waals surface area contributed by atoms with Crippen molar-refractivity contribution >= 4 is 141 Å². The molecule has 6 nitrogen and oxygen atoms in total. The molecule has 0 bridgehead atoms. The van der Waals surface area contributed by atoms with E-state index in [1.54, 1.807) is 0 Å². The molecule has 12 aromatic rings. The van der Waals surface area contributed by atoms with Crippen molar-refractivity contribution in [1.82, 2.24) is 0 Å². The van der Waals surface area contributed by atoms with Crippen LogP contribution in [-0.2, 0) is 0 Å². The van der Waals surface area contributed by atoms with Gasteiger partial charge in [-0.15, -0.1) is 0 Å². The summed E-state index contributed by atoms with van der Waals surface area (Å²) in [5.41, 5.74) is 21.2. The van der Waals surface area contributed by atoms with Gasteiger partial charge in [-0.1, -0.05) is 164 Å². The van der Waals surface area contributed by atoms with Crippen molar-refractivity contribution in [3.05, 3.63) is 285 Å². The van der Waals surface area contributed by atoms with Crippen LogP contribution in [-0.4, -0.2) is 13.4 Å². The minimum atomic E-state index is -0.140. The van der Waals surface area contributed by atoms with Crippen molar-refractivity contribution < 1.29 is 4.74 Å². The standard InChI is InChI=1S/C70H47B2N5OS/c1-8-26-48(27-9-1)73(49-28-10-2-11-29-49)55-44-61-65-62(45-55)77(54-38-20-7-21-39-54)67-68-70(79-69(67)71(65)57-40-22-24-42-59(57)75(61)52-34-16-5-17-35-52)72-58-41-23-25-43-60(58)76(53-36-18-6-19-37-53)63-46-56(47-64(78-68)66(63)72)74(50-30-12-3-13-31-50)51-32-14-4-15-33-51/h1-47H. The molecule has 0 spiro atoms. The molecule has 1 aromatic heterocycles. The van der Waals surface area contributed by atoms with Crippen LogP contribution in [0.2, 0.25) is 0 Å². The topological polar surface area (TPSA) is 25.4 Å². The zero-order chi connectivity index (χ0) is 52.0. The molecule has 0 radical (unpaired) electrons. The maximum absolute atomic E-state index is 7.92. The molecule has 0 fully saturated rings. The zero-order valence-electron chi connectivity index (χ0n) is 42.8. The van der Waals surface area contributed by atoms with Crippen LogP contribution in [0, 0.1) is 0 Å². The predicted molar refractivity (Wildman–Crippen MR) is 334 cm³/mol. The monoisotopic (exact) mass is 1030 g/mol. The summed E-state index contributed by atoms with van der Waals surface area (Å²) >= 11 is 1.92. The number of hydrogen-bond acceptors (Lipinski definition) is 7. The van der Waals surface area contributed by atoms with Crippen molar-refractivity contribution in [2.24, 2.45) is 0 Å². The van der Waals surface area contributed by atoms with Crippen molar-refractivity contribution in [3.63, 3.8) is 0 Å². The average Bonchev–Trinajstić information content (AvgIpc) is 4.12. The van der Waals surface area contributed by atoms with Crippen molar-refractivity contribution in [1.29, 1.82) is 0 Å². The minimum absolute atomic E-state index is 0.129. The fraction of sp³-hybridized carbons (Fsp3) is 0. The second kappa shape index (κ2) is 18.4. The third-order valence-corrected chi connectivity index (χ3v) is 17.3. The van der Waals surface area contributed by atoms with Gasteiger partial charge in [-0.3, -0.25) is 0 Å². The molecule has 0 aliphatic carbocycles. The first-order valence-corrected chi connectivity index (χ1v) is 27.8. The summed E-state index contributed by atoms with van der Waals surface area (Å²) in [7, 11) is 0. The molecule has 0 saturated heterocycles. The summed E-state index contributed by atoms with van der Waals surface area (Å²) in [4.78, 5) is 12.2. The van der Waals surface area contributed by atoms with Gasteiger partial charge in [0.05, 0.1) is 17.1 Å². The molecule has 0 amide bonds. The van der Waals surface area contributed by atoms with Gasteiger partial charge in [-0.25, -0.2) is 0 Å². The lowest BCUT2D eigenvalue weighted by Gasteiger charge is -2.44. The molecule has 0 N–H and O–H groups in total. The number of nitrogens with zero attached hydrogens (tertiary/aromatic N) is 5. The molecule has 5 heterocycles. The number of thiophene rings is 1. The van der Waals surface area contributed by atoms with Crippen LogP contribution in [0.3, 0.4) is 0 Å². The third-order valence-electron chi connectivity index (χ3n) is 16.0. The quantitative estimate of drug-likeness (QED) is 0.134. The Morgan fingerprint density at radius 2 is 0.646 bits per heavy atom. The highest BCUT2D eigenvalue weighted by atomic mass is 32.1. The van der Waals surface area contributed by atoms with E-state index >= 15 is 0 Å². The van der Waals surface area contributed by atoms with Crippen LogP contribution in [0.5, 0.6) is 11.5 Å². The smallest absolute Gasteiger partial charge is 0.268 e. The van der Waals surface area contributed by atoms with Crippen molar-refractivity contribution in [3.8, 4) is 11.5 Å². The van der Waals surface area contributed by atoms with Crippen LogP contribution in [0.1, 0.15) is 0 Å². The fourth-order valence-corrected chi connectivity index (χ4v) is 14.3. The third kappa shape index (κ3) is 7.13. The van der Waals surface area contributed by atoms with Gasteiger partial charge in [-0.05, 0) is 137 Å². The highest BCUT2D eigenvalue weighted by Crippen LogP contribution is 2.53. The Kier molecular flexibility index (Phi) is 10.5. The van der Waals surface area contributed by atoms with Crippen LogP contribution in [0.4, 0.5) is 85.3 Å². The maximum atomic E-state index is 7.92. The van der Waals surface area contributed by atoms with Gasteiger partial charge in [0.2, 0.25) is 0 Å². The largest absolute Gasteiger partial charge is 0.455 e. The lowest BCUT2D eigenvalue weighted by Crippen LogP contribution is -2.60. The van der Waals surface area contributed by atoms with E-state index in [-0.39, 0.29) is 13.4 Å². The Balaban J connectivity index is 1.00. The minimum Gasteiger partial charge on any atom is -0.455 e. The molecule has 79 heavy (non-hydrogen) atoms. The SMILES string of the molecule is c1ccc(N(c2ccccc2)c2cc3c4c(c2)N(c2ccccc2)c2ccccc2B4c2sc4c(c2O3)N(c2ccccc2)c2cc(N(c3ccccc3)c3ccccc3)cc3c2B4c2ccccc2N3c2ccccc2)cc1. The molecule has 16 rings (SSSR count). The number of fused-ring (bicyclic) bond motifs is 9. The summed E-state index contributed by atoms with van der Waals surface area (Å²) in [6.45, 7) is -0.269. The molecule has 0 unspecified atom stereocenters. The van der Waals surface area contributed by atoms with Crippen LogP contribution < -0.4 is 60.6 Å². The first-order valence-electron chi connectivity index (χ1n) is 27.0. The highest BCUT2D eigenvalue weighted by molar-refractivity contribution is 7.38. The van der Waals surface area contributed by atoms with Gasteiger partial charge in [-0.2, -0.15) is 11.3 Å². The summed E-state index contributed by atoms with van der Waals surface area (Å²) in [5, 5.41) is 0. The van der Waals surface area contributed by atoms with Gasteiger partial charge in [0.15, 0.2) is 5.75 Å². The molecule has 11 aromatic carbocycles. The van der Waals surface area contributed by atoms with Crippen LogP contribution >= 0.6 is 11.3 Å². The lowest BCUT2D eigenvalue weighted by molar-refractivity contribution is 0.491. The van der Waals surface area contributed by atoms with Gasteiger partial charge < -0.3 is 29.2 Å². The maximum Gasteiger partial charge on any atom is 0.268 e. The molecule has 0 saturated carbocycles. The number of para-hydroxylation sites is 9. The first kappa shape index (κ1) is 45.3. The lowest BCUT2D eigenvalue weighted by atomic mass is 9.35. The van der Waals surface area contributed by atoms with E-state index in [1.807, 2.05) is 11.3 Å². The van der Waals surface area contributed by atoms with Gasteiger partial charge in [0.1, 0.15) is 5.75 Å². The Morgan fingerprint density at radius 3 is 1.09 bits per heavy atom. The molecule has 4 aliphatic rings. The second-order valence-electron chi connectivity index (χ2n) is 20.4. The Labute approximate surface area is 464 Å². The number of rotatable bonds is 9. The summed E-state index contributed by atoms with van der Waals surface area (Å²) in [6.07, 6.45) is 0. The molecule has 4 aliphatic heterocycles. The van der Waals surface area contributed by atoms with Crippen molar-refractivity contribution in [2.45, 2.75) is 0 Å². The normalized spacial score (nSPS) is 13.0.